The van der Waals surface area contributed by atoms with Gasteiger partial charge in [-0.2, -0.15) is 0 Å². The van der Waals surface area contributed by atoms with E-state index in [0.717, 1.165) is 5.56 Å². The second-order valence-electron chi connectivity index (χ2n) is 3.12. The van der Waals surface area contributed by atoms with E-state index in [9.17, 15) is 4.79 Å². The highest BCUT2D eigenvalue weighted by Gasteiger charge is 2.15. The van der Waals surface area contributed by atoms with E-state index in [4.69, 9.17) is 21.1 Å². The van der Waals surface area contributed by atoms with Gasteiger partial charge in [0.1, 0.15) is 0 Å². The maximum Gasteiger partial charge on any atom is 0.235 e. The second-order valence-corrected chi connectivity index (χ2v) is 3.52. The Morgan fingerprint density at radius 3 is 2.50 bits per heavy atom. The maximum atomic E-state index is 10.1. The van der Waals surface area contributed by atoms with Crippen molar-refractivity contribution in [1.29, 1.82) is 0 Å². The molecule has 0 N–H and O–H groups in total. The van der Waals surface area contributed by atoms with Crippen LogP contribution in [-0.2, 0) is 11.3 Å². The molecule has 0 bridgehead atoms. The summed E-state index contributed by atoms with van der Waals surface area (Å²) in [7, 11) is 3.06. The van der Waals surface area contributed by atoms with E-state index in [2.05, 4.69) is 4.99 Å². The van der Waals surface area contributed by atoms with Gasteiger partial charge in [-0.1, -0.05) is 11.6 Å². The lowest BCUT2D eigenvalue weighted by atomic mass is 10.1. The molecule has 0 aromatic heterocycles. The number of isocyanates is 1. The summed E-state index contributed by atoms with van der Waals surface area (Å²) in [6.45, 7) is 2.00. The minimum Gasteiger partial charge on any atom is -0.493 e. The van der Waals surface area contributed by atoms with Crippen LogP contribution < -0.4 is 9.47 Å². The van der Waals surface area contributed by atoms with Crippen molar-refractivity contribution in [3.63, 3.8) is 0 Å². The minimum atomic E-state index is 0.170. The Morgan fingerprint density at radius 1 is 1.38 bits per heavy atom. The highest BCUT2D eigenvalue weighted by Crippen LogP contribution is 2.38. The van der Waals surface area contributed by atoms with E-state index >= 15 is 0 Å². The summed E-state index contributed by atoms with van der Waals surface area (Å²) in [5.41, 5.74) is 1.48. The molecule has 0 saturated heterocycles. The smallest absolute Gasteiger partial charge is 0.235 e. The van der Waals surface area contributed by atoms with E-state index in [1.807, 2.05) is 6.92 Å². The van der Waals surface area contributed by atoms with Crippen molar-refractivity contribution in [1.82, 2.24) is 0 Å². The first-order valence-corrected chi connectivity index (χ1v) is 4.97. The molecule has 0 saturated carbocycles. The largest absolute Gasteiger partial charge is 0.493 e. The van der Waals surface area contributed by atoms with E-state index < -0.39 is 0 Å². The van der Waals surface area contributed by atoms with E-state index in [-0.39, 0.29) is 6.54 Å². The molecular weight excluding hydrogens is 230 g/mol. The van der Waals surface area contributed by atoms with Gasteiger partial charge < -0.3 is 9.47 Å². The molecule has 1 aromatic rings. The molecule has 1 rings (SSSR count). The van der Waals surface area contributed by atoms with Crippen molar-refractivity contribution < 1.29 is 14.3 Å². The Labute approximate surface area is 98.8 Å². The van der Waals surface area contributed by atoms with Crippen LogP contribution in [0.5, 0.6) is 11.5 Å². The fourth-order valence-corrected chi connectivity index (χ4v) is 1.67. The van der Waals surface area contributed by atoms with Gasteiger partial charge in [0.15, 0.2) is 11.5 Å². The lowest BCUT2D eigenvalue weighted by Gasteiger charge is -2.14. The number of carbonyl (C=O) groups excluding carboxylic acids is 1. The Balaban J connectivity index is 3.36. The lowest BCUT2D eigenvalue weighted by Crippen LogP contribution is -1.98. The molecule has 0 heterocycles. The highest BCUT2D eigenvalue weighted by molar-refractivity contribution is 6.31. The SMILES string of the molecule is COc1c(CN=C=O)cc(Cl)c(C)c1OC. The van der Waals surface area contributed by atoms with Gasteiger partial charge in [-0.3, -0.25) is 0 Å². The number of ether oxygens (including phenoxy) is 2. The molecule has 5 heteroatoms. The van der Waals surface area contributed by atoms with Gasteiger partial charge in [-0.15, -0.1) is 0 Å². The second kappa shape index (κ2) is 5.54. The van der Waals surface area contributed by atoms with Gasteiger partial charge in [0.05, 0.1) is 20.8 Å². The Kier molecular flexibility index (Phi) is 4.35. The first kappa shape index (κ1) is 12.6. The molecule has 86 valence electrons. The fourth-order valence-electron chi connectivity index (χ4n) is 1.46. The van der Waals surface area contributed by atoms with Gasteiger partial charge in [-0.25, -0.2) is 9.79 Å². The molecule has 0 aliphatic carbocycles. The van der Waals surface area contributed by atoms with Crippen LogP contribution in [0.25, 0.3) is 0 Å². The average molecular weight is 242 g/mol. The minimum absolute atomic E-state index is 0.170. The average Bonchev–Trinajstić information content (AvgIpc) is 2.29. The molecule has 0 spiro atoms. The fraction of sp³-hybridized carbons (Fsp3) is 0.364. The zero-order valence-corrected chi connectivity index (χ0v) is 10.1. The third-order valence-corrected chi connectivity index (χ3v) is 2.61. The lowest BCUT2D eigenvalue weighted by molar-refractivity contribution is 0.350. The van der Waals surface area contributed by atoms with Crippen molar-refractivity contribution in [2.75, 3.05) is 14.2 Å². The molecule has 4 nitrogen and oxygen atoms in total. The van der Waals surface area contributed by atoms with Gasteiger partial charge in [0.2, 0.25) is 6.08 Å². The summed E-state index contributed by atoms with van der Waals surface area (Å²) in [4.78, 5) is 13.6. The van der Waals surface area contributed by atoms with Crippen LogP contribution in [-0.4, -0.2) is 20.3 Å². The Bertz CT molecular complexity index is 439. The highest BCUT2D eigenvalue weighted by atomic mass is 35.5. The predicted octanol–water partition coefficient (Wildman–Crippen LogP) is 2.50. The summed E-state index contributed by atoms with van der Waals surface area (Å²) in [6, 6.07) is 1.71. The van der Waals surface area contributed by atoms with Crippen LogP contribution in [0.3, 0.4) is 0 Å². The molecule has 0 radical (unpaired) electrons. The monoisotopic (exact) mass is 241 g/mol. The Morgan fingerprint density at radius 2 is 2.00 bits per heavy atom. The zero-order valence-electron chi connectivity index (χ0n) is 9.33. The number of benzene rings is 1. The third-order valence-electron chi connectivity index (χ3n) is 2.22. The van der Waals surface area contributed by atoms with E-state index in [1.54, 1.807) is 6.07 Å². The summed E-state index contributed by atoms with van der Waals surface area (Å²) in [5.74, 6) is 1.11. The van der Waals surface area contributed by atoms with Crippen molar-refractivity contribution in [2.45, 2.75) is 13.5 Å². The van der Waals surface area contributed by atoms with Crippen molar-refractivity contribution >= 4 is 17.7 Å². The molecule has 1 aromatic carbocycles. The summed E-state index contributed by atoms with van der Waals surface area (Å²) >= 11 is 6.03. The standard InChI is InChI=1S/C11H12ClNO3/c1-7-9(12)4-8(5-13-6-14)11(16-3)10(7)15-2/h4H,5H2,1-3H3. The summed E-state index contributed by atoms with van der Waals surface area (Å²) < 4.78 is 10.4. The molecule has 0 unspecified atom stereocenters. The quantitative estimate of drug-likeness (QED) is 0.601. The van der Waals surface area contributed by atoms with Gasteiger partial charge in [-0.05, 0) is 13.0 Å². The number of methoxy groups -OCH3 is 2. The van der Waals surface area contributed by atoms with Crippen LogP contribution in [0.4, 0.5) is 0 Å². The normalized spacial score (nSPS) is 9.50. The molecule has 0 atom stereocenters. The molecule has 16 heavy (non-hydrogen) atoms. The summed E-state index contributed by atoms with van der Waals surface area (Å²) in [6.07, 6.45) is 1.47. The molecule has 0 fully saturated rings. The maximum absolute atomic E-state index is 10.1. The number of aliphatic imine (C=N–C) groups is 1. The number of nitrogens with zero attached hydrogens (tertiary/aromatic N) is 1. The van der Waals surface area contributed by atoms with Crippen LogP contribution in [0.2, 0.25) is 5.02 Å². The Hall–Kier alpha value is -1.51. The van der Waals surface area contributed by atoms with E-state index in [1.165, 1.54) is 20.3 Å². The number of rotatable bonds is 4. The van der Waals surface area contributed by atoms with Crippen molar-refractivity contribution in [2.24, 2.45) is 4.99 Å². The number of hydrogen-bond acceptors (Lipinski definition) is 4. The predicted molar refractivity (Wildman–Crippen MR) is 61.1 cm³/mol. The van der Waals surface area contributed by atoms with Crippen molar-refractivity contribution in [3.05, 3.63) is 22.2 Å². The van der Waals surface area contributed by atoms with Gasteiger partial charge >= 0.3 is 0 Å². The molecule has 0 aliphatic heterocycles. The molecular formula is C11H12ClNO3. The number of hydrogen-bond donors (Lipinski definition) is 0. The number of halogens is 1. The molecule has 0 aliphatic rings. The molecule has 0 amide bonds. The van der Waals surface area contributed by atoms with Crippen molar-refractivity contribution in [3.8, 4) is 11.5 Å². The first-order chi connectivity index (χ1) is 7.65. The third kappa shape index (κ3) is 2.35. The first-order valence-electron chi connectivity index (χ1n) is 4.59. The van der Waals surface area contributed by atoms with Crippen LogP contribution in [0.1, 0.15) is 11.1 Å². The zero-order chi connectivity index (χ0) is 12.1. The van der Waals surface area contributed by atoms with Crippen LogP contribution >= 0.6 is 11.6 Å². The van der Waals surface area contributed by atoms with Crippen LogP contribution in [0.15, 0.2) is 11.1 Å². The van der Waals surface area contributed by atoms with Gasteiger partial charge in [0.25, 0.3) is 0 Å². The topological polar surface area (TPSA) is 47.9 Å². The summed E-state index contributed by atoms with van der Waals surface area (Å²) in [5, 5.41) is 0.550. The van der Waals surface area contributed by atoms with E-state index in [0.29, 0.717) is 22.1 Å². The van der Waals surface area contributed by atoms with Gasteiger partial charge in [0, 0.05) is 16.1 Å². The van der Waals surface area contributed by atoms with Crippen LogP contribution in [0, 0.1) is 6.92 Å².